The summed E-state index contributed by atoms with van der Waals surface area (Å²) in [6.45, 7) is 6.85. The maximum Gasteiger partial charge on any atom is 0.0127 e. The lowest BCUT2D eigenvalue weighted by Gasteiger charge is -2.49. The summed E-state index contributed by atoms with van der Waals surface area (Å²) < 4.78 is 0. The van der Waals surface area contributed by atoms with Crippen LogP contribution in [0.25, 0.3) is 0 Å². The van der Waals surface area contributed by atoms with Gasteiger partial charge in [-0.2, -0.15) is 0 Å². The van der Waals surface area contributed by atoms with Crippen molar-refractivity contribution in [1.29, 1.82) is 0 Å². The van der Waals surface area contributed by atoms with Crippen LogP contribution in [0.5, 0.6) is 0 Å². The van der Waals surface area contributed by atoms with Gasteiger partial charge < -0.3 is 5.32 Å². The third kappa shape index (κ3) is 1.69. The molecule has 0 bridgehead atoms. The SMILES string of the molecule is CNC1C(C)C(c2ccc(C)cc2)C1C. The van der Waals surface area contributed by atoms with Crippen molar-refractivity contribution in [2.75, 3.05) is 7.05 Å². The van der Waals surface area contributed by atoms with Crippen molar-refractivity contribution in [2.45, 2.75) is 32.7 Å². The summed E-state index contributed by atoms with van der Waals surface area (Å²) >= 11 is 0. The van der Waals surface area contributed by atoms with Gasteiger partial charge in [-0.15, -0.1) is 0 Å². The number of hydrogen-bond acceptors (Lipinski definition) is 1. The van der Waals surface area contributed by atoms with E-state index in [0.717, 1.165) is 17.8 Å². The average Bonchev–Trinajstić information content (AvgIpc) is 2.22. The fraction of sp³-hybridized carbons (Fsp3) is 0.571. The van der Waals surface area contributed by atoms with Crippen LogP contribution in [-0.4, -0.2) is 13.1 Å². The molecule has 1 aromatic rings. The molecular weight excluding hydrogens is 182 g/mol. The lowest BCUT2D eigenvalue weighted by molar-refractivity contribution is 0.103. The molecule has 1 N–H and O–H groups in total. The fourth-order valence-corrected chi connectivity index (χ4v) is 3.18. The second-order valence-corrected chi connectivity index (χ2v) is 4.97. The maximum absolute atomic E-state index is 3.41. The predicted octanol–water partition coefficient (Wildman–Crippen LogP) is 2.95. The van der Waals surface area contributed by atoms with Gasteiger partial charge in [0.25, 0.3) is 0 Å². The van der Waals surface area contributed by atoms with Gasteiger partial charge in [0.05, 0.1) is 0 Å². The fourth-order valence-electron chi connectivity index (χ4n) is 3.18. The Hall–Kier alpha value is -0.820. The molecule has 2 rings (SSSR count). The monoisotopic (exact) mass is 203 g/mol. The molecule has 1 aromatic carbocycles. The van der Waals surface area contributed by atoms with Crippen LogP contribution in [-0.2, 0) is 0 Å². The van der Waals surface area contributed by atoms with E-state index in [4.69, 9.17) is 0 Å². The van der Waals surface area contributed by atoms with Gasteiger partial charge in [0.2, 0.25) is 0 Å². The Morgan fingerprint density at radius 2 is 1.53 bits per heavy atom. The van der Waals surface area contributed by atoms with E-state index in [-0.39, 0.29) is 0 Å². The van der Waals surface area contributed by atoms with Crippen LogP contribution in [0.3, 0.4) is 0 Å². The Morgan fingerprint density at radius 1 is 1.00 bits per heavy atom. The minimum Gasteiger partial charge on any atom is -0.316 e. The molecule has 0 aliphatic heterocycles. The molecule has 1 aliphatic rings. The van der Waals surface area contributed by atoms with Crippen molar-refractivity contribution >= 4 is 0 Å². The number of rotatable bonds is 2. The standard InChI is InChI=1S/C14H21N/c1-9-5-7-12(8-6-9)13-10(2)14(15-4)11(13)3/h5-8,10-11,13-15H,1-4H3. The first-order valence-electron chi connectivity index (χ1n) is 5.89. The summed E-state index contributed by atoms with van der Waals surface area (Å²) in [7, 11) is 2.07. The van der Waals surface area contributed by atoms with Gasteiger partial charge in [-0.3, -0.25) is 0 Å². The van der Waals surface area contributed by atoms with E-state index >= 15 is 0 Å². The van der Waals surface area contributed by atoms with Gasteiger partial charge in [-0.25, -0.2) is 0 Å². The molecular formula is C14H21N. The Morgan fingerprint density at radius 3 is 2.00 bits per heavy atom. The molecule has 0 radical (unpaired) electrons. The second-order valence-electron chi connectivity index (χ2n) is 4.97. The quantitative estimate of drug-likeness (QED) is 0.779. The first kappa shape index (κ1) is 10.7. The van der Waals surface area contributed by atoms with E-state index < -0.39 is 0 Å². The number of nitrogens with one attached hydrogen (secondary N) is 1. The van der Waals surface area contributed by atoms with Crippen LogP contribution in [0, 0.1) is 18.8 Å². The summed E-state index contributed by atoms with van der Waals surface area (Å²) in [5.74, 6) is 2.25. The Balaban J connectivity index is 2.16. The molecule has 82 valence electrons. The average molecular weight is 203 g/mol. The van der Waals surface area contributed by atoms with Crippen LogP contribution >= 0.6 is 0 Å². The summed E-state index contributed by atoms with van der Waals surface area (Å²) in [5.41, 5.74) is 2.86. The Bertz CT molecular complexity index is 318. The molecule has 1 heteroatoms. The minimum absolute atomic E-state index is 0.691. The molecule has 0 saturated heterocycles. The molecule has 2 unspecified atom stereocenters. The summed E-state index contributed by atoms with van der Waals surface area (Å²) in [5, 5.41) is 3.41. The van der Waals surface area contributed by atoms with Crippen molar-refractivity contribution in [3.05, 3.63) is 35.4 Å². The zero-order valence-corrected chi connectivity index (χ0v) is 10.1. The van der Waals surface area contributed by atoms with Gasteiger partial charge in [-0.1, -0.05) is 43.7 Å². The second kappa shape index (κ2) is 3.97. The van der Waals surface area contributed by atoms with E-state index in [1.165, 1.54) is 11.1 Å². The van der Waals surface area contributed by atoms with Crippen LogP contribution in [0.15, 0.2) is 24.3 Å². The summed E-state index contributed by atoms with van der Waals surface area (Å²) in [6, 6.07) is 9.72. The number of aryl methyl sites for hydroxylation is 1. The van der Waals surface area contributed by atoms with E-state index in [9.17, 15) is 0 Å². The Labute approximate surface area is 92.9 Å². The minimum atomic E-state index is 0.691. The van der Waals surface area contributed by atoms with Crippen molar-refractivity contribution in [3.63, 3.8) is 0 Å². The van der Waals surface area contributed by atoms with Crippen LogP contribution < -0.4 is 5.32 Å². The molecule has 2 atom stereocenters. The normalized spacial score (nSPS) is 34.9. The van der Waals surface area contributed by atoms with Crippen molar-refractivity contribution < 1.29 is 0 Å². The molecule has 15 heavy (non-hydrogen) atoms. The van der Waals surface area contributed by atoms with Crippen molar-refractivity contribution in [2.24, 2.45) is 11.8 Å². The number of hydrogen-bond donors (Lipinski definition) is 1. The van der Waals surface area contributed by atoms with Crippen LogP contribution in [0.4, 0.5) is 0 Å². The van der Waals surface area contributed by atoms with Gasteiger partial charge in [0, 0.05) is 6.04 Å². The zero-order valence-electron chi connectivity index (χ0n) is 10.1. The zero-order chi connectivity index (χ0) is 11.0. The van der Waals surface area contributed by atoms with Gasteiger partial charge in [0.1, 0.15) is 0 Å². The van der Waals surface area contributed by atoms with E-state index in [2.05, 4.69) is 57.4 Å². The molecule has 1 nitrogen and oxygen atoms in total. The summed E-state index contributed by atoms with van der Waals surface area (Å²) in [6.07, 6.45) is 0. The van der Waals surface area contributed by atoms with Gasteiger partial charge >= 0.3 is 0 Å². The first-order valence-corrected chi connectivity index (χ1v) is 5.89. The lowest BCUT2D eigenvalue weighted by Crippen LogP contribution is -2.53. The highest BCUT2D eigenvalue weighted by molar-refractivity contribution is 5.29. The van der Waals surface area contributed by atoms with Gasteiger partial charge in [-0.05, 0) is 37.3 Å². The third-order valence-corrected chi connectivity index (χ3v) is 4.06. The van der Waals surface area contributed by atoms with Crippen LogP contribution in [0.2, 0.25) is 0 Å². The largest absolute Gasteiger partial charge is 0.316 e. The predicted molar refractivity (Wildman–Crippen MR) is 65.1 cm³/mol. The van der Waals surface area contributed by atoms with E-state index in [0.29, 0.717) is 6.04 Å². The van der Waals surface area contributed by atoms with Crippen molar-refractivity contribution in [1.82, 2.24) is 5.32 Å². The first-order chi connectivity index (χ1) is 7.15. The highest BCUT2D eigenvalue weighted by atomic mass is 14.9. The summed E-state index contributed by atoms with van der Waals surface area (Å²) in [4.78, 5) is 0. The Kier molecular flexibility index (Phi) is 2.83. The molecule has 0 aromatic heterocycles. The molecule has 1 saturated carbocycles. The molecule has 1 aliphatic carbocycles. The molecule has 1 fully saturated rings. The molecule has 0 amide bonds. The lowest BCUT2D eigenvalue weighted by atomic mass is 9.60. The highest BCUT2D eigenvalue weighted by Crippen LogP contribution is 2.47. The highest BCUT2D eigenvalue weighted by Gasteiger charge is 2.44. The molecule has 0 heterocycles. The molecule has 0 spiro atoms. The maximum atomic E-state index is 3.41. The number of benzene rings is 1. The van der Waals surface area contributed by atoms with Crippen LogP contribution in [0.1, 0.15) is 30.9 Å². The topological polar surface area (TPSA) is 12.0 Å². The van der Waals surface area contributed by atoms with E-state index in [1.54, 1.807) is 0 Å². The van der Waals surface area contributed by atoms with Crippen molar-refractivity contribution in [3.8, 4) is 0 Å². The third-order valence-electron chi connectivity index (χ3n) is 4.06. The van der Waals surface area contributed by atoms with E-state index in [1.807, 2.05) is 0 Å². The smallest absolute Gasteiger partial charge is 0.0127 e. The van der Waals surface area contributed by atoms with Gasteiger partial charge in [0.15, 0.2) is 0 Å².